The van der Waals surface area contributed by atoms with E-state index in [9.17, 15) is 9.59 Å². The number of piperazine rings is 1. The van der Waals surface area contributed by atoms with Gasteiger partial charge in [-0.2, -0.15) is 5.10 Å². The van der Waals surface area contributed by atoms with Crippen LogP contribution in [-0.2, 0) is 24.8 Å². The number of aryl methyl sites for hydroxylation is 1. The van der Waals surface area contributed by atoms with Gasteiger partial charge in [-0.05, 0) is 18.9 Å². The van der Waals surface area contributed by atoms with E-state index in [0.29, 0.717) is 31.9 Å². The number of fused-ring (bicyclic) bond motifs is 3. The first kappa shape index (κ1) is 19.2. The van der Waals surface area contributed by atoms with E-state index in [1.165, 1.54) is 12.8 Å². The summed E-state index contributed by atoms with van der Waals surface area (Å²) in [4.78, 5) is 29.8. The molecule has 2 fully saturated rings. The van der Waals surface area contributed by atoms with Crippen LogP contribution in [0.5, 0.6) is 0 Å². The maximum atomic E-state index is 12.8. The van der Waals surface area contributed by atoms with Crippen molar-refractivity contribution in [2.24, 2.45) is 7.05 Å². The second-order valence-electron chi connectivity index (χ2n) is 8.54. The molecule has 2 aliphatic heterocycles. The Balaban J connectivity index is 1.29. The number of amides is 2. The summed E-state index contributed by atoms with van der Waals surface area (Å²) in [6.45, 7) is 3.60. The highest BCUT2D eigenvalue weighted by Crippen LogP contribution is 2.29. The highest BCUT2D eigenvalue weighted by Gasteiger charge is 2.38. The molecule has 2 aromatic heterocycles. The molecule has 10 nitrogen and oxygen atoms in total. The third kappa shape index (κ3) is 3.60. The van der Waals surface area contributed by atoms with Gasteiger partial charge in [0.1, 0.15) is 0 Å². The van der Waals surface area contributed by atoms with Crippen LogP contribution in [0.1, 0.15) is 53.9 Å². The summed E-state index contributed by atoms with van der Waals surface area (Å²) >= 11 is 0. The van der Waals surface area contributed by atoms with Crippen molar-refractivity contribution in [1.29, 1.82) is 0 Å². The van der Waals surface area contributed by atoms with Gasteiger partial charge >= 0.3 is 0 Å². The molecule has 1 atom stereocenters. The van der Waals surface area contributed by atoms with Crippen LogP contribution < -0.4 is 5.32 Å². The normalized spacial score (nSPS) is 22.0. The Kier molecular flexibility index (Phi) is 5.01. The standard InChI is InChI=1S/C20H28N8O2/c1-25-7-6-15(24-25)12-17(29)27-9-8-26-10-11-28-18(16(26)13-27)22-23-19(28)20(30)21-14-4-2-3-5-14/h6-7,14,16H,2-5,8-13H2,1H3,(H,21,30)/t16-/m0/s1. The van der Waals surface area contributed by atoms with Crippen molar-refractivity contribution < 1.29 is 9.59 Å². The Morgan fingerprint density at radius 2 is 1.93 bits per heavy atom. The molecule has 0 spiro atoms. The lowest BCUT2D eigenvalue weighted by Gasteiger charge is -2.43. The van der Waals surface area contributed by atoms with Crippen LogP contribution in [0.3, 0.4) is 0 Å². The van der Waals surface area contributed by atoms with Crippen LogP contribution in [0.15, 0.2) is 12.3 Å². The fourth-order valence-electron chi connectivity index (χ4n) is 4.88. The molecule has 0 aromatic carbocycles. The van der Waals surface area contributed by atoms with E-state index < -0.39 is 0 Å². The molecular weight excluding hydrogens is 384 g/mol. The SMILES string of the molecule is Cn1ccc(CC(=O)N2CCN3CCn4c(C(=O)NC5CCCC5)nnc4[C@@H]3C2)n1. The molecule has 0 unspecified atom stereocenters. The molecule has 160 valence electrons. The molecule has 30 heavy (non-hydrogen) atoms. The van der Waals surface area contributed by atoms with Gasteiger partial charge in [0.2, 0.25) is 11.7 Å². The van der Waals surface area contributed by atoms with Crippen molar-refractivity contribution in [1.82, 2.24) is 39.7 Å². The lowest BCUT2D eigenvalue weighted by Crippen LogP contribution is -2.54. The number of aromatic nitrogens is 5. The van der Waals surface area contributed by atoms with Gasteiger partial charge in [-0.15, -0.1) is 10.2 Å². The summed E-state index contributed by atoms with van der Waals surface area (Å²) in [5, 5.41) is 16.0. The number of carbonyl (C=O) groups is 2. The van der Waals surface area contributed by atoms with E-state index in [1.807, 2.05) is 28.8 Å². The van der Waals surface area contributed by atoms with Gasteiger partial charge in [-0.25, -0.2) is 0 Å². The summed E-state index contributed by atoms with van der Waals surface area (Å²) < 4.78 is 3.65. The van der Waals surface area contributed by atoms with Gasteiger partial charge in [-0.1, -0.05) is 12.8 Å². The van der Waals surface area contributed by atoms with Crippen LogP contribution >= 0.6 is 0 Å². The van der Waals surface area contributed by atoms with Crippen molar-refractivity contribution in [3.63, 3.8) is 0 Å². The quantitative estimate of drug-likeness (QED) is 0.766. The number of nitrogens with zero attached hydrogens (tertiary/aromatic N) is 7. The van der Waals surface area contributed by atoms with Crippen LogP contribution in [0.4, 0.5) is 0 Å². The minimum absolute atomic E-state index is 0.0271. The molecule has 1 N–H and O–H groups in total. The molecule has 1 saturated heterocycles. The van der Waals surface area contributed by atoms with Crippen molar-refractivity contribution in [3.8, 4) is 0 Å². The van der Waals surface area contributed by atoms with E-state index in [0.717, 1.165) is 37.4 Å². The molecule has 1 saturated carbocycles. The van der Waals surface area contributed by atoms with E-state index in [4.69, 9.17) is 0 Å². The molecule has 10 heteroatoms. The first-order chi connectivity index (χ1) is 14.6. The smallest absolute Gasteiger partial charge is 0.289 e. The second-order valence-corrected chi connectivity index (χ2v) is 8.54. The molecule has 3 aliphatic rings. The monoisotopic (exact) mass is 412 g/mol. The second kappa shape index (κ2) is 7.82. The average Bonchev–Trinajstić information content (AvgIpc) is 3.48. The van der Waals surface area contributed by atoms with Crippen molar-refractivity contribution in [3.05, 3.63) is 29.6 Å². The largest absolute Gasteiger partial charge is 0.347 e. The van der Waals surface area contributed by atoms with Crippen LogP contribution in [0.2, 0.25) is 0 Å². The van der Waals surface area contributed by atoms with Gasteiger partial charge in [0.25, 0.3) is 5.91 Å². The van der Waals surface area contributed by atoms with Crippen molar-refractivity contribution >= 4 is 11.8 Å². The zero-order chi connectivity index (χ0) is 20.7. The lowest BCUT2D eigenvalue weighted by atomic mass is 10.1. The molecule has 0 bridgehead atoms. The maximum absolute atomic E-state index is 12.8. The minimum atomic E-state index is -0.131. The fourth-order valence-corrected chi connectivity index (χ4v) is 4.88. The fraction of sp³-hybridized carbons (Fsp3) is 0.650. The van der Waals surface area contributed by atoms with Crippen LogP contribution in [0.25, 0.3) is 0 Å². The predicted octanol–water partition coefficient (Wildman–Crippen LogP) is 0.126. The molecule has 1 aliphatic carbocycles. The van der Waals surface area contributed by atoms with Gasteiger partial charge in [0, 0.05) is 52.0 Å². The van der Waals surface area contributed by atoms with Crippen molar-refractivity contribution in [2.75, 3.05) is 26.2 Å². The molecule has 5 rings (SSSR count). The van der Waals surface area contributed by atoms with E-state index in [1.54, 1.807) is 4.68 Å². The third-order valence-corrected chi connectivity index (χ3v) is 6.53. The van der Waals surface area contributed by atoms with Crippen LogP contribution in [-0.4, -0.2) is 78.4 Å². The molecule has 4 heterocycles. The topological polar surface area (TPSA) is 101 Å². The van der Waals surface area contributed by atoms with E-state index >= 15 is 0 Å². The zero-order valence-corrected chi connectivity index (χ0v) is 17.3. The first-order valence-electron chi connectivity index (χ1n) is 10.8. The van der Waals surface area contributed by atoms with E-state index in [2.05, 4.69) is 25.5 Å². The van der Waals surface area contributed by atoms with Gasteiger partial charge in [0.05, 0.1) is 18.2 Å². The molecule has 2 amide bonds. The highest BCUT2D eigenvalue weighted by atomic mass is 16.2. The van der Waals surface area contributed by atoms with Crippen molar-refractivity contribution in [2.45, 2.75) is 50.7 Å². The lowest BCUT2D eigenvalue weighted by molar-refractivity contribution is -0.134. The summed E-state index contributed by atoms with van der Waals surface area (Å²) in [5.41, 5.74) is 0.780. The molecule has 0 radical (unpaired) electrons. The maximum Gasteiger partial charge on any atom is 0.289 e. The van der Waals surface area contributed by atoms with Gasteiger partial charge in [0.15, 0.2) is 5.82 Å². The number of rotatable bonds is 4. The number of nitrogens with one attached hydrogen (secondary N) is 1. The Morgan fingerprint density at radius 1 is 1.13 bits per heavy atom. The average molecular weight is 412 g/mol. The number of carbonyl (C=O) groups excluding carboxylic acids is 2. The Bertz CT molecular complexity index is 945. The number of hydrogen-bond acceptors (Lipinski definition) is 6. The third-order valence-electron chi connectivity index (χ3n) is 6.53. The Hall–Kier alpha value is -2.75. The van der Waals surface area contributed by atoms with Gasteiger partial charge < -0.3 is 14.8 Å². The Morgan fingerprint density at radius 3 is 2.70 bits per heavy atom. The number of hydrogen-bond donors (Lipinski definition) is 1. The minimum Gasteiger partial charge on any atom is -0.347 e. The first-order valence-corrected chi connectivity index (χ1v) is 10.8. The summed E-state index contributed by atoms with van der Waals surface area (Å²) in [5.74, 6) is 1.12. The Labute approximate surface area is 175 Å². The summed E-state index contributed by atoms with van der Waals surface area (Å²) in [6.07, 6.45) is 6.56. The van der Waals surface area contributed by atoms with E-state index in [-0.39, 0.29) is 23.9 Å². The van der Waals surface area contributed by atoms with Gasteiger partial charge in [-0.3, -0.25) is 19.2 Å². The summed E-state index contributed by atoms with van der Waals surface area (Å²) in [6, 6.07) is 2.10. The highest BCUT2D eigenvalue weighted by molar-refractivity contribution is 5.91. The molecular formula is C20H28N8O2. The van der Waals surface area contributed by atoms with Crippen LogP contribution in [0, 0.1) is 0 Å². The summed E-state index contributed by atoms with van der Waals surface area (Å²) in [7, 11) is 1.85. The predicted molar refractivity (Wildman–Crippen MR) is 108 cm³/mol. The molecule has 2 aromatic rings. The zero-order valence-electron chi connectivity index (χ0n) is 17.3.